The Labute approximate surface area is 129 Å². The molecule has 0 bridgehead atoms. The topological polar surface area (TPSA) is 47.7 Å². The molecule has 2 aliphatic rings. The largest absolute Gasteiger partial charge is 0.470 e. The van der Waals surface area contributed by atoms with E-state index >= 15 is 0 Å². The highest BCUT2D eigenvalue weighted by Gasteiger charge is 2.45. The molecule has 5 nitrogen and oxygen atoms in total. The molecule has 0 saturated carbocycles. The highest BCUT2D eigenvalue weighted by molar-refractivity contribution is 5.12. The van der Waals surface area contributed by atoms with Crippen LogP contribution in [0.25, 0.3) is 0 Å². The maximum absolute atomic E-state index is 6.09. The fraction of sp³-hybridized carbons (Fsp3) is 0.471. The summed E-state index contributed by atoms with van der Waals surface area (Å²) in [4.78, 5) is 6.68. The molecule has 116 valence electrons. The molecule has 0 amide bonds. The van der Waals surface area contributed by atoms with Gasteiger partial charge in [0.15, 0.2) is 0 Å². The van der Waals surface area contributed by atoms with Gasteiger partial charge in [0, 0.05) is 31.5 Å². The summed E-state index contributed by atoms with van der Waals surface area (Å²) < 4.78 is 17.6. The van der Waals surface area contributed by atoms with Crippen LogP contribution < -0.4 is 4.74 Å². The van der Waals surface area contributed by atoms with Crippen LogP contribution in [-0.2, 0) is 11.3 Å². The smallest absolute Gasteiger partial charge is 0.213 e. The van der Waals surface area contributed by atoms with Crippen LogP contribution in [0.3, 0.4) is 0 Å². The lowest BCUT2D eigenvalue weighted by Crippen LogP contribution is -2.42. The van der Waals surface area contributed by atoms with E-state index in [9.17, 15) is 0 Å². The summed E-state index contributed by atoms with van der Waals surface area (Å²) in [5.74, 6) is 1.66. The zero-order valence-electron chi connectivity index (χ0n) is 12.4. The number of fused-ring (bicyclic) bond motifs is 1. The fourth-order valence-electron chi connectivity index (χ4n) is 3.46. The molecule has 0 radical (unpaired) electrons. The maximum Gasteiger partial charge on any atom is 0.213 e. The third-order valence-electron chi connectivity index (χ3n) is 4.43. The third-order valence-corrected chi connectivity index (χ3v) is 4.43. The van der Waals surface area contributed by atoms with E-state index < -0.39 is 0 Å². The highest BCUT2D eigenvalue weighted by Crippen LogP contribution is 2.32. The van der Waals surface area contributed by atoms with Gasteiger partial charge in [-0.15, -0.1) is 0 Å². The Morgan fingerprint density at radius 1 is 1.27 bits per heavy atom. The monoisotopic (exact) mass is 300 g/mol. The number of pyridine rings is 1. The number of nitrogens with zero attached hydrogens (tertiary/aromatic N) is 2. The van der Waals surface area contributed by atoms with Crippen LogP contribution in [0.1, 0.15) is 18.6 Å². The SMILES string of the molecule is c1ccc(O[C@@H]2CN(Cc3ccco3)[C@@H]3CCCO[C@@H]32)nc1. The Balaban J connectivity index is 1.50. The minimum absolute atomic E-state index is 0.0233. The Bertz CT molecular complexity index is 587. The van der Waals surface area contributed by atoms with Crippen molar-refractivity contribution in [3.63, 3.8) is 0 Å². The summed E-state index contributed by atoms with van der Waals surface area (Å²) >= 11 is 0. The summed E-state index contributed by atoms with van der Waals surface area (Å²) in [5.41, 5.74) is 0. The molecule has 0 aromatic carbocycles. The molecule has 2 fully saturated rings. The standard InChI is InChI=1S/C17H20N2O3/c1-2-8-18-16(7-1)22-15-12-19(11-13-5-3-9-20-13)14-6-4-10-21-17(14)15/h1-3,5,7-9,14-15,17H,4,6,10-12H2/t14-,15-,17+/m1/s1. The van der Waals surface area contributed by atoms with Crippen molar-refractivity contribution in [1.29, 1.82) is 0 Å². The first-order valence-corrected chi connectivity index (χ1v) is 7.86. The van der Waals surface area contributed by atoms with Crippen LogP contribution in [0, 0.1) is 0 Å². The molecule has 4 heterocycles. The minimum atomic E-state index is 0.0233. The molecule has 3 atom stereocenters. The van der Waals surface area contributed by atoms with Gasteiger partial charge in [-0.3, -0.25) is 4.90 Å². The molecule has 2 saturated heterocycles. The molecule has 4 rings (SSSR count). The van der Waals surface area contributed by atoms with Crippen LogP contribution in [0.15, 0.2) is 47.2 Å². The van der Waals surface area contributed by atoms with Crippen molar-refractivity contribution in [3.8, 4) is 5.88 Å². The van der Waals surface area contributed by atoms with Crippen molar-refractivity contribution in [1.82, 2.24) is 9.88 Å². The third kappa shape index (κ3) is 2.74. The molecule has 0 aliphatic carbocycles. The molecular formula is C17H20N2O3. The molecule has 0 N–H and O–H groups in total. The van der Waals surface area contributed by atoms with Crippen LogP contribution in [0.4, 0.5) is 0 Å². The predicted molar refractivity (Wildman–Crippen MR) is 80.5 cm³/mol. The lowest BCUT2D eigenvalue weighted by atomic mass is 10.0. The van der Waals surface area contributed by atoms with Gasteiger partial charge in [0.05, 0.1) is 12.8 Å². The molecular weight excluding hydrogens is 280 g/mol. The molecule has 2 aliphatic heterocycles. The van der Waals surface area contributed by atoms with Gasteiger partial charge in [-0.05, 0) is 31.0 Å². The quantitative estimate of drug-likeness (QED) is 0.868. The van der Waals surface area contributed by atoms with Gasteiger partial charge < -0.3 is 13.9 Å². The number of likely N-dealkylation sites (tertiary alicyclic amines) is 1. The van der Waals surface area contributed by atoms with E-state index in [1.54, 1.807) is 12.5 Å². The first-order chi connectivity index (χ1) is 10.9. The highest BCUT2D eigenvalue weighted by atomic mass is 16.5. The molecule has 0 spiro atoms. The summed E-state index contributed by atoms with van der Waals surface area (Å²) in [5, 5.41) is 0. The van der Waals surface area contributed by atoms with Gasteiger partial charge in [0.25, 0.3) is 0 Å². The molecule has 2 aromatic heterocycles. The normalized spacial score (nSPS) is 28.5. The van der Waals surface area contributed by atoms with Crippen molar-refractivity contribution in [2.45, 2.75) is 37.6 Å². The van der Waals surface area contributed by atoms with Crippen molar-refractivity contribution in [2.75, 3.05) is 13.2 Å². The molecule has 0 unspecified atom stereocenters. The second kappa shape index (κ2) is 6.10. The maximum atomic E-state index is 6.09. The average molecular weight is 300 g/mol. The fourth-order valence-corrected chi connectivity index (χ4v) is 3.46. The van der Waals surface area contributed by atoms with Crippen molar-refractivity contribution < 1.29 is 13.9 Å². The number of rotatable bonds is 4. The summed E-state index contributed by atoms with van der Waals surface area (Å²) in [6.07, 6.45) is 5.87. The van der Waals surface area contributed by atoms with Crippen LogP contribution in [0.5, 0.6) is 5.88 Å². The Morgan fingerprint density at radius 2 is 2.27 bits per heavy atom. The number of ether oxygens (including phenoxy) is 2. The zero-order valence-corrected chi connectivity index (χ0v) is 12.4. The van der Waals surface area contributed by atoms with E-state index in [1.165, 1.54) is 0 Å². The van der Waals surface area contributed by atoms with E-state index in [4.69, 9.17) is 13.9 Å². The number of hydrogen-bond acceptors (Lipinski definition) is 5. The molecule has 2 aromatic rings. The average Bonchev–Trinajstić information content (AvgIpc) is 3.18. The van der Waals surface area contributed by atoms with E-state index in [-0.39, 0.29) is 12.2 Å². The first kappa shape index (κ1) is 13.8. The van der Waals surface area contributed by atoms with Crippen molar-refractivity contribution in [2.24, 2.45) is 0 Å². The van der Waals surface area contributed by atoms with E-state index in [1.807, 2.05) is 30.3 Å². The van der Waals surface area contributed by atoms with Crippen LogP contribution in [0.2, 0.25) is 0 Å². The van der Waals surface area contributed by atoms with Crippen LogP contribution >= 0.6 is 0 Å². The Morgan fingerprint density at radius 3 is 3.09 bits per heavy atom. The first-order valence-electron chi connectivity index (χ1n) is 7.86. The van der Waals surface area contributed by atoms with Gasteiger partial charge >= 0.3 is 0 Å². The predicted octanol–water partition coefficient (Wildman–Crippen LogP) is 2.49. The Hall–Kier alpha value is -1.85. The zero-order chi connectivity index (χ0) is 14.8. The number of aromatic nitrogens is 1. The summed E-state index contributed by atoms with van der Waals surface area (Å²) in [6.45, 7) is 2.46. The summed E-state index contributed by atoms with van der Waals surface area (Å²) in [6, 6.07) is 10.1. The van der Waals surface area contributed by atoms with Crippen molar-refractivity contribution >= 4 is 0 Å². The van der Waals surface area contributed by atoms with E-state index in [2.05, 4.69) is 9.88 Å². The lowest BCUT2D eigenvalue weighted by Gasteiger charge is -2.31. The lowest BCUT2D eigenvalue weighted by molar-refractivity contribution is -0.0483. The minimum Gasteiger partial charge on any atom is -0.470 e. The van der Waals surface area contributed by atoms with Gasteiger partial charge in [-0.2, -0.15) is 0 Å². The van der Waals surface area contributed by atoms with Gasteiger partial charge in [-0.1, -0.05) is 6.07 Å². The van der Waals surface area contributed by atoms with E-state index in [0.717, 1.165) is 38.3 Å². The molecule has 22 heavy (non-hydrogen) atoms. The van der Waals surface area contributed by atoms with Gasteiger partial charge in [-0.25, -0.2) is 4.98 Å². The second-order valence-corrected chi connectivity index (χ2v) is 5.88. The van der Waals surface area contributed by atoms with Crippen molar-refractivity contribution in [3.05, 3.63) is 48.6 Å². The van der Waals surface area contributed by atoms with Gasteiger partial charge in [0.1, 0.15) is 18.0 Å². The second-order valence-electron chi connectivity index (χ2n) is 5.88. The Kier molecular flexibility index (Phi) is 3.83. The van der Waals surface area contributed by atoms with Gasteiger partial charge in [0.2, 0.25) is 5.88 Å². The molecule has 5 heteroatoms. The van der Waals surface area contributed by atoms with E-state index in [0.29, 0.717) is 11.9 Å². The summed E-state index contributed by atoms with van der Waals surface area (Å²) in [7, 11) is 0. The number of furan rings is 1. The van der Waals surface area contributed by atoms with Crippen LogP contribution in [-0.4, -0.2) is 41.3 Å². The number of hydrogen-bond donors (Lipinski definition) is 0.